The lowest BCUT2D eigenvalue weighted by molar-refractivity contribution is 0.605. The van der Waals surface area contributed by atoms with E-state index in [0.29, 0.717) is 0 Å². The Morgan fingerprint density at radius 2 is 2.07 bits per heavy atom. The third kappa shape index (κ3) is 1.73. The SMILES string of the molecule is CCP1NC(c2ccccc2)=NN1C. The summed E-state index contributed by atoms with van der Waals surface area (Å²) in [5.41, 5.74) is 1.16. The molecule has 1 atom stereocenters. The molecule has 0 saturated heterocycles. The first-order valence-corrected chi connectivity index (χ1v) is 6.21. The normalized spacial score (nSPS) is 20.6. The highest BCUT2D eigenvalue weighted by molar-refractivity contribution is 7.54. The van der Waals surface area contributed by atoms with Crippen LogP contribution in [0.4, 0.5) is 0 Å². The van der Waals surface area contributed by atoms with E-state index in [1.165, 1.54) is 0 Å². The average molecular weight is 207 g/mol. The molecular weight excluding hydrogens is 193 g/mol. The molecule has 0 saturated carbocycles. The standard InChI is InChI=1S/C10H14N3P/c1-3-14-12-10(11-13(14)2)9-7-5-4-6-8-9/h4-8H,3H2,1-2H3,(H,11,12). The Morgan fingerprint density at radius 1 is 1.36 bits per heavy atom. The molecule has 0 radical (unpaired) electrons. The van der Waals surface area contributed by atoms with Crippen molar-refractivity contribution in [2.24, 2.45) is 5.10 Å². The maximum Gasteiger partial charge on any atom is 0.158 e. The van der Waals surface area contributed by atoms with Crippen LogP contribution in [-0.2, 0) is 0 Å². The van der Waals surface area contributed by atoms with Crippen LogP contribution in [-0.4, -0.2) is 23.8 Å². The summed E-state index contributed by atoms with van der Waals surface area (Å²) < 4.78 is 2.04. The van der Waals surface area contributed by atoms with Gasteiger partial charge in [-0.1, -0.05) is 37.3 Å². The lowest BCUT2D eigenvalue weighted by atomic mass is 10.2. The number of hydrogen-bond donors (Lipinski definition) is 1. The molecule has 0 aliphatic carbocycles. The zero-order valence-corrected chi connectivity index (χ0v) is 9.33. The van der Waals surface area contributed by atoms with Crippen LogP contribution in [0.15, 0.2) is 35.4 Å². The molecule has 1 aliphatic heterocycles. The van der Waals surface area contributed by atoms with Crippen LogP contribution in [0.25, 0.3) is 0 Å². The lowest BCUT2D eigenvalue weighted by Crippen LogP contribution is -2.15. The number of hydrogen-bond acceptors (Lipinski definition) is 3. The van der Waals surface area contributed by atoms with Gasteiger partial charge in [-0.25, -0.2) is 0 Å². The topological polar surface area (TPSA) is 27.6 Å². The number of nitrogens with one attached hydrogen (secondary N) is 1. The summed E-state index contributed by atoms with van der Waals surface area (Å²) in [7, 11) is 1.74. The Morgan fingerprint density at radius 3 is 2.64 bits per heavy atom. The van der Waals surface area contributed by atoms with E-state index in [9.17, 15) is 0 Å². The lowest BCUT2D eigenvalue weighted by Gasteiger charge is -2.15. The van der Waals surface area contributed by atoms with E-state index >= 15 is 0 Å². The fourth-order valence-corrected chi connectivity index (χ4v) is 2.75. The van der Waals surface area contributed by atoms with Crippen molar-refractivity contribution < 1.29 is 0 Å². The molecule has 74 valence electrons. The van der Waals surface area contributed by atoms with Crippen molar-refractivity contribution in [3.05, 3.63) is 35.9 Å². The number of nitrogens with zero attached hydrogens (tertiary/aromatic N) is 2. The molecule has 1 aliphatic rings. The maximum absolute atomic E-state index is 4.48. The van der Waals surface area contributed by atoms with E-state index in [1.54, 1.807) is 0 Å². The molecule has 0 spiro atoms. The third-order valence-corrected chi connectivity index (χ3v) is 4.03. The van der Waals surface area contributed by atoms with Crippen molar-refractivity contribution in [2.75, 3.05) is 13.2 Å². The van der Waals surface area contributed by atoms with E-state index in [-0.39, 0.29) is 8.22 Å². The van der Waals surface area contributed by atoms with Crippen molar-refractivity contribution in [3.8, 4) is 0 Å². The second kappa shape index (κ2) is 3.97. The van der Waals surface area contributed by atoms with Gasteiger partial charge in [-0.2, -0.15) is 5.10 Å². The zero-order chi connectivity index (χ0) is 9.97. The van der Waals surface area contributed by atoms with E-state index in [0.717, 1.165) is 17.6 Å². The Balaban J connectivity index is 2.19. The van der Waals surface area contributed by atoms with Gasteiger partial charge in [-0.15, -0.1) is 0 Å². The highest BCUT2D eigenvalue weighted by Gasteiger charge is 2.21. The van der Waals surface area contributed by atoms with Gasteiger partial charge in [0, 0.05) is 18.8 Å². The first kappa shape index (κ1) is 9.47. The van der Waals surface area contributed by atoms with Crippen LogP contribution in [0.1, 0.15) is 12.5 Å². The van der Waals surface area contributed by atoms with Crippen LogP contribution < -0.4 is 5.09 Å². The number of benzene rings is 1. The highest BCUT2D eigenvalue weighted by atomic mass is 31.1. The fourth-order valence-electron chi connectivity index (χ4n) is 1.42. The van der Waals surface area contributed by atoms with Gasteiger partial charge in [-0.3, -0.25) is 4.78 Å². The van der Waals surface area contributed by atoms with Gasteiger partial charge in [0.1, 0.15) is 8.22 Å². The Hall–Kier alpha value is -1.08. The van der Waals surface area contributed by atoms with Crippen molar-refractivity contribution in [3.63, 3.8) is 0 Å². The summed E-state index contributed by atoms with van der Waals surface area (Å²) in [5.74, 6) is 1.00. The minimum absolute atomic E-state index is 0.287. The monoisotopic (exact) mass is 207 g/mol. The van der Waals surface area contributed by atoms with Crippen molar-refractivity contribution in [2.45, 2.75) is 6.92 Å². The molecule has 4 heteroatoms. The van der Waals surface area contributed by atoms with Crippen LogP contribution in [0, 0.1) is 0 Å². The van der Waals surface area contributed by atoms with Crippen molar-refractivity contribution in [1.82, 2.24) is 9.87 Å². The summed E-state index contributed by atoms with van der Waals surface area (Å²) in [6.07, 6.45) is 1.12. The maximum atomic E-state index is 4.48. The van der Waals surface area contributed by atoms with E-state index in [1.807, 2.05) is 30.0 Å². The summed E-state index contributed by atoms with van der Waals surface area (Å²) >= 11 is 0. The molecule has 1 aromatic rings. The van der Waals surface area contributed by atoms with Crippen LogP contribution in [0.3, 0.4) is 0 Å². The molecule has 1 N–H and O–H groups in total. The number of hydrazone groups is 1. The molecule has 0 amide bonds. The minimum Gasteiger partial charge on any atom is -0.329 e. The van der Waals surface area contributed by atoms with E-state index in [4.69, 9.17) is 0 Å². The van der Waals surface area contributed by atoms with Crippen molar-refractivity contribution >= 4 is 14.1 Å². The highest BCUT2D eigenvalue weighted by Crippen LogP contribution is 2.38. The van der Waals surface area contributed by atoms with Gasteiger partial charge in [0.05, 0.1) is 0 Å². The predicted molar refractivity (Wildman–Crippen MR) is 61.3 cm³/mol. The molecule has 2 rings (SSSR count). The van der Waals surface area contributed by atoms with E-state index in [2.05, 4.69) is 29.2 Å². The number of amidine groups is 1. The van der Waals surface area contributed by atoms with Gasteiger partial charge in [0.15, 0.2) is 5.84 Å². The summed E-state index contributed by atoms with van der Waals surface area (Å²) in [6.45, 7) is 2.18. The summed E-state index contributed by atoms with van der Waals surface area (Å²) in [6, 6.07) is 10.2. The second-order valence-corrected chi connectivity index (χ2v) is 5.37. The molecule has 0 fully saturated rings. The molecule has 14 heavy (non-hydrogen) atoms. The molecule has 1 heterocycles. The quantitative estimate of drug-likeness (QED) is 0.753. The minimum atomic E-state index is -0.287. The largest absolute Gasteiger partial charge is 0.329 e. The fraction of sp³-hybridized carbons (Fsp3) is 0.300. The molecule has 0 aromatic heterocycles. The smallest absolute Gasteiger partial charge is 0.158 e. The predicted octanol–water partition coefficient (Wildman–Crippen LogP) is 2.21. The zero-order valence-electron chi connectivity index (χ0n) is 8.44. The third-order valence-electron chi connectivity index (χ3n) is 2.18. The number of rotatable bonds is 2. The molecule has 3 nitrogen and oxygen atoms in total. The summed E-state index contributed by atoms with van der Waals surface area (Å²) in [4.78, 5) is 0. The molecular formula is C10H14N3P. The molecule has 1 unspecified atom stereocenters. The molecule has 1 aromatic carbocycles. The van der Waals surface area contributed by atoms with Crippen molar-refractivity contribution in [1.29, 1.82) is 0 Å². The first-order valence-electron chi connectivity index (χ1n) is 4.73. The van der Waals surface area contributed by atoms with Gasteiger partial charge < -0.3 is 5.09 Å². The molecule has 0 bridgehead atoms. The van der Waals surface area contributed by atoms with E-state index < -0.39 is 0 Å². The van der Waals surface area contributed by atoms with Crippen LogP contribution in [0.2, 0.25) is 0 Å². The Bertz CT molecular complexity index is 336. The Kier molecular flexibility index (Phi) is 2.69. The van der Waals surface area contributed by atoms with Gasteiger partial charge in [-0.05, 0) is 0 Å². The van der Waals surface area contributed by atoms with Gasteiger partial charge in [0.2, 0.25) is 0 Å². The van der Waals surface area contributed by atoms with Crippen LogP contribution >= 0.6 is 8.22 Å². The van der Waals surface area contributed by atoms with Gasteiger partial charge >= 0.3 is 0 Å². The van der Waals surface area contributed by atoms with Crippen LogP contribution in [0.5, 0.6) is 0 Å². The Labute approximate surface area is 85.7 Å². The second-order valence-electron chi connectivity index (χ2n) is 3.13. The average Bonchev–Trinajstić information content (AvgIpc) is 2.61. The first-order chi connectivity index (χ1) is 6.81. The van der Waals surface area contributed by atoms with Gasteiger partial charge in [0.25, 0.3) is 0 Å². The summed E-state index contributed by atoms with van der Waals surface area (Å²) in [5, 5.41) is 7.93.